The molecule has 0 aliphatic heterocycles. The Labute approximate surface area is 163 Å². The predicted molar refractivity (Wildman–Crippen MR) is 102 cm³/mol. The third-order valence-electron chi connectivity index (χ3n) is 5.76. The zero-order valence-electron chi connectivity index (χ0n) is 15.6. The summed E-state index contributed by atoms with van der Waals surface area (Å²) in [5, 5.41) is 10.1. The van der Waals surface area contributed by atoms with Crippen LogP contribution < -0.4 is 16.4 Å². The Kier molecular flexibility index (Phi) is 5.27. The topological polar surface area (TPSA) is 123 Å². The molecule has 2 aromatic rings. The Morgan fingerprint density at radius 1 is 1.07 bits per heavy atom. The van der Waals surface area contributed by atoms with E-state index in [2.05, 4.69) is 20.8 Å². The van der Waals surface area contributed by atoms with Crippen LogP contribution in [0.2, 0.25) is 0 Å². The van der Waals surface area contributed by atoms with Crippen molar-refractivity contribution in [3.63, 3.8) is 0 Å². The molecule has 4 N–H and O–H groups in total. The maximum absolute atomic E-state index is 12.4. The molecule has 3 amide bonds. The highest BCUT2D eigenvalue weighted by Gasteiger charge is 2.42. The first-order valence-electron chi connectivity index (χ1n) is 9.85. The summed E-state index contributed by atoms with van der Waals surface area (Å²) in [6.45, 7) is 0. The minimum Gasteiger partial charge on any atom is -0.369 e. The number of carbonyl (C=O) groups excluding carboxylic acids is 2. The molecule has 2 aliphatic carbocycles. The van der Waals surface area contributed by atoms with Gasteiger partial charge in [0.1, 0.15) is 0 Å². The van der Waals surface area contributed by atoms with Gasteiger partial charge >= 0.3 is 6.03 Å². The van der Waals surface area contributed by atoms with Crippen LogP contribution in [0.5, 0.6) is 0 Å². The van der Waals surface area contributed by atoms with Gasteiger partial charge in [-0.05, 0) is 25.7 Å². The normalized spacial score (nSPS) is 24.9. The van der Waals surface area contributed by atoms with Gasteiger partial charge in [-0.2, -0.15) is 4.98 Å². The van der Waals surface area contributed by atoms with E-state index in [-0.39, 0.29) is 35.9 Å². The summed E-state index contributed by atoms with van der Waals surface area (Å²) in [4.78, 5) is 28.7. The van der Waals surface area contributed by atoms with Crippen LogP contribution in [0.25, 0.3) is 11.4 Å². The summed E-state index contributed by atoms with van der Waals surface area (Å²) >= 11 is 0. The molecular formula is C20H25N5O3. The minimum atomic E-state index is -0.367. The number of hydrogen-bond donors (Lipinski definition) is 3. The number of amides is 3. The summed E-state index contributed by atoms with van der Waals surface area (Å²) in [5.74, 6) is -0.0139. The van der Waals surface area contributed by atoms with Crippen molar-refractivity contribution >= 4 is 11.9 Å². The molecule has 2 aliphatic rings. The third kappa shape index (κ3) is 4.00. The lowest BCUT2D eigenvalue weighted by molar-refractivity contribution is -0.121. The molecule has 0 radical (unpaired) electrons. The van der Waals surface area contributed by atoms with Crippen LogP contribution in [-0.4, -0.2) is 34.2 Å². The van der Waals surface area contributed by atoms with Gasteiger partial charge in [-0.3, -0.25) is 4.79 Å². The van der Waals surface area contributed by atoms with E-state index in [4.69, 9.17) is 10.3 Å². The molecule has 1 aromatic carbocycles. The number of urea groups is 1. The quantitative estimate of drug-likeness (QED) is 0.731. The molecule has 0 spiro atoms. The lowest BCUT2D eigenvalue weighted by Gasteiger charge is -2.20. The first-order chi connectivity index (χ1) is 13.6. The highest BCUT2D eigenvalue weighted by molar-refractivity contribution is 5.78. The van der Waals surface area contributed by atoms with Crippen molar-refractivity contribution in [3.8, 4) is 11.4 Å². The largest absolute Gasteiger partial charge is 0.369 e. The Balaban J connectivity index is 1.49. The number of aromatic nitrogens is 2. The SMILES string of the molecule is NC(=O)[C@H]1C[C@H](NC(=O)NC2CCCC2)[C@H](c2nc(-c3ccccc3)no2)C1. The molecule has 8 nitrogen and oxygen atoms in total. The second kappa shape index (κ2) is 8.00. The number of rotatable bonds is 5. The molecule has 4 rings (SSSR count). The molecule has 28 heavy (non-hydrogen) atoms. The van der Waals surface area contributed by atoms with Crippen LogP contribution in [0.3, 0.4) is 0 Å². The molecule has 148 valence electrons. The fourth-order valence-electron chi connectivity index (χ4n) is 4.26. The van der Waals surface area contributed by atoms with Crippen LogP contribution in [0.15, 0.2) is 34.9 Å². The lowest BCUT2D eigenvalue weighted by Crippen LogP contribution is -2.46. The van der Waals surface area contributed by atoms with Gasteiger partial charge in [-0.25, -0.2) is 4.79 Å². The van der Waals surface area contributed by atoms with Gasteiger partial charge in [0.05, 0.1) is 5.92 Å². The van der Waals surface area contributed by atoms with Gasteiger partial charge in [-0.15, -0.1) is 0 Å². The van der Waals surface area contributed by atoms with Crippen LogP contribution in [0.1, 0.15) is 50.3 Å². The summed E-state index contributed by atoms with van der Waals surface area (Å²) in [5.41, 5.74) is 6.38. The number of primary amides is 1. The maximum Gasteiger partial charge on any atom is 0.315 e. The number of carbonyl (C=O) groups is 2. The summed E-state index contributed by atoms with van der Waals surface area (Å²) in [7, 11) is 0. The monoisotopic (exact) mass is 383 g/mol. The standard InChI is InChI=1S/C20H25N5O3/c21-17(26)13-10-15(16(11-13)23-20(27)22-14-8-4-5-9-14)19-24-18(25-28-19)12-6-2-1-3-7-12/h1-3,6-7,13-16H,4-5,8-11H2,(H2,21,26)(H2,22,23,27)/t13-,15-,16+/m1/s1. The molecule has 1 aromatic heterocycles. The second-order valence-corrected chi connectivity index (χ2v) is 7.71. The molecule has 0 saturated heterocycles. The Bertz CT molecular complexity index is 831. The number of benzene rings is 1. The highest BCUT2D eigenvalue weighted by Crippen LogP contribution is 2.38. The first-order valence-corrected chi connectivity index (χ1v) is 9.85. The van der Waals surface area contributed by atoms with Crippen molar-refractivity contribution in [2.24, 2.45) is 11.7 Å². The van der Waals surface area contributed by atoms with Crippen molar-refractivity contribution < 1.29 is 14.1 Å². The molecule has 0 unspecified atom stereocenters. The van der Waals surface area contributed by atoms with Crippen molar-refractivity contribution in [3.05, 3.63) is 36.2 Å². The molecule has 3 atom stereocenters. The van der Waals surface area contributed by atoms with E-state index >= 15 is 0 Å². The van der Waals surface area contributed by atoms with Gasteiger partial charge in [0.15, 0.2) is 0 Å². The van der Waals surface area contributed by atoms with Crippen molar-refractivity contribution in [1.29, 1.82) is 0 Å². The van der Waals surface area contributed by atoms with Crippen LogP contribution >= 0.6 is 0 Å². The van der Waals surface area contributed by atoms with Crippen LogP contribution in [-0.2, 0) is 4.79 Å². The van der Waals surface area contributed by atoms with E-state index in [1.165, 1.54) is 0 Å². The zero-order valence-corrected chi connectivity index (χ0v) is 15.6. The second-order valence-electron chi connectivity index (χ2n) is 7.71. The van der Waals surface area contributed by atoms with E-state index in [0.29, 0.717) is 24.6 Å². The fourth-order valence-corrected chi connectivity index (χ4v) is 4.26. The zero-order chi connectivity index (χ0) is 19.5. The molecule has 8 heteroatoms. The lowest BCUT2D eigenvalue weighted by atomic mass is 10.0. The molecular weight excluding hydrogens is 358 g/mol. The van der Waals surface area contributed by atoms with Crippen molar-refractivity contribution in [2.45, 2.75) is 56.5 Å². The van der Waals surface area contributed by atoms with Crippen molar-refractivity contribution in [2.75, 3.05) is 0 Å². The van der Waals surface area contributed by atoms with Gasteiger partial charge in [0.2, 0.25) is 17.6 Å². The van der Waals surface area contributed by atoms with E-state index in [9.17, 15) is 9.59 Å². The van der Waals surface area contributed by atoms with E-state index in [1.807, 2.05) is 30.3 Å². The summed E-state index contributed by atoms with van der Waals surface area (Å²) in [6, 6.07) is 9.27. The van der Waals surface area contributed by atoms with E-state index in [0.717, 1.165) is 31.2 Å². The van der Waals surface area contributed by atoms with E-state index in [1.54, 1.807) is 0 Å². The minimum absolute atomic E-state index is 0.213. The van der Waals surface area contributed by atoms with Crippen LogP contribution in [0.4, 0.5) is 4.79 Å². The first kappa shape index (κ1) is 18.5. The van der Waals surface area contributed by atoms with Crippen LogP contribution in [0, 0.1) is 5.92 Å². The number of nitrogens with one attached hydrogen (secondary N) is 2. The third-order valence-corrected chi connectivity index (χ3v) is 5.76. The Morgan fingerprint density at radius 2 is 1.82 bits per heavy atom. The van der Waals surface area contributed by atoms with Gasteiger partial charge in [0.25, 0.3) is 0 Å². The average Bonchev–Trinajstić information content (AvgIpc) is 3.42. The van der Waals surface area contributed by atoms with Gasteiger partial charge < -0.3 is 20.9 Å². The number of nitrogens with zero attached hydrogens (tertiary/aromatic N) is 2. The smallest absolute Gasteiger partial charge is 0.315 e. The Hall–Kier alpha value is -2.90. The number of hydrogen-bond acceptors (Lipinski definition) is 5. The summed E-state index contributed by atoms with van der Waals surface area (Å²) in [6.07, 6.45) is 5.27. The molecule has 0 bridgehead atoms. The average molecular weight is 383 g/mol. The maximum atomic E-state index is 12.4. The van der Waals surface area contributed by atoms with Gasteiger partial charge in [0, 0.05) is 23.6 Å². The molecule has 2 fully saturated rings. The highest BCUT2D eigenvalue weighted by atomic mass is 16.5. The Morgan fingerprint density at radius 3 is 2.54 bits per heavy atom. The molecule has 2 saturated carbocycles. The van der Waals surface area contributed by atoms with Gasteiger partial charge in [-0.1, -0.05) is 48.3 Å². The fraction of sp³-hybridized carbons (Fsp3) is 0.500. The van der Waals surface area contributed by atoms with E-state index < -0.39 is 0 Å². The summed E-state index contributed by atoms with van der Waals surface area (Å²) < 4.78 is 5.49. The predicted octanol–water partition coefficient (Wildman–Crippen LogP) is 2.33. The molecule has 1 heterocycles. The van der Waals surface area contributed by atoms with Crippen molar-refractivity contribution in [1.82, 2.24) is 20.8 Å². The number of nitrogens with two attached hydrogens (primary N) is 1.